The van der Waals surface area contributed by atoms with Gasteiger partial charge in [-0.2, -0.15) is 0 Å². The Hall–Kier alpha value is -0.830. The van der Waals surface area contributed by atoms with Crippen LogP contribution in [0, 0.1) is 12.8 Å². The maximum atomic E-state index is 6.31. The van der Waals surface area contributed by atoms with Gasteiger partial charge in [0.15, 0.2) is 0 Å². The summed E-state index contributed by atoms with van der Waals surface area (Å²) in [4.78, 5) is 8.42. The molecular formula is C12H17ClN2O. The molecule has 0 N–H and O–H groups in total. The predicted molar refractivity (Wildman–Crippen MR) is 64.0 cm³/mol. The first kappa shape index (κ1) is 11.6. The summed E-state index contributed by atoms with van der Waals surface area (Å²) in [6, 6.07) is 0. The van der Waals surface area contributed by atoms with Crippen LogP contribution >= 0.6 is 11.6 Å². The van der Waals surface area contributed by atoms with Gasteiger partial charge in [-0.15, -0.1) is 11.6 Å². The van der Waals surface area contributed by atoms with Crippen LogP contribution in [0.1, 0.15) is 31.0 Å². The molecule has 88 valence electrons. The van der Waals surface area contributed by atoms with E-state index < -0.39 is 0 Å². The highest BCUT2D eigenvalue weighted by Crippen LogP contribution is 2.37. The van der Waals surface area contributed by atoms with Crippen molar-refractivity contribution in [2.24, 2.45) is 5.92 Å². The fourth-order valence-electron chi connectivity index (χ4n) is 1.77. The summed E-state index contributed by atoms with van der Waals surface area (Å²) in [6.07, 6.45) is 4.90. The molecule has 3 nitrogen and oxygen atoms in total. The van der Waals surface area contributed by atoms with Gasteiger partial charge in [-0.05, 0) is 32.6 Å². The van der Waals surface area contributed by atoms with Crippen molar-refractivity contribution in [3.8, 4) is 5.88 Å². The van der Waals surface area contributed by atoms with Gasteiger partial charge in [0.25, 0.3) is 0 Å². The highest BCUT2D eigenvalue weighted by Gasteiger charge is 2.30. The molecule has 1 aliphatic carbocycles. The van der Waals surface area contributed by atoms with E-state index in [4.69, 9.17) is 16.3 Å². The van der Waals surface area contributed by atoms with E-state index in [0.717, 1.165) is 17.7 Å². The lowest BCUT2D eigenvalue weighted by atomic mass is 10.1. The van der Waals surface area contributed by atoms with E-state index in [2.05, 4.69) is 9.97 Å². The average Bonchev–Trinajstić information content (AvgIpc) is 3.07. The van der Waals surface area contributed by atoms with Gasteiger partial charge >= 0.3 is 0 Å². The third-order valence-electron chi connectivity index (χ3n) is 2.95. The van der Waals surface area contributed by atoms with Gasteiger partial charge in [0, 0.05) is 17.4 Å². The molecule has 1 fully saturated rings. The zero-order valence-corrected chi connectivity index (χ0v) is 10.5. The second-order valence-corrected chi connectivity index (χ2v) is 4.80. The van der Waals surface area contributed by atoms with Crippen LogP contribution in [-0.4, -0.2) is 22.0 Å². The average molecular weight is 241 g/mol. The first-order valence-corrected chi connectivity index (χ1v) is 6.23. The first-order chi connectivity index (χ1) is 7.72. The lowest BCUT2D eigenvalue weighted by Gasteiger charge is -2.12. The second kappa shape index (κ2) is 5.00. The molecule has 1 aliphatic rings. The van der Waals surface area contributed by atoms with Crippen LogP contribution in [0.2, 0.25) is 0 Å². The van der Waals surface area contributed by atoms with Crippen molar-refractivity contribution in [2.45, 2.75) is 38.5 Å². The van der Waals surface area contributed by atoms with Gasteiger partial charge < -0.3 is 4.74 Å². The number of rotatable bonds is 5. The molecule has 0 aromatic carbocycles. The Bertz CT molecular complexity index is 366. The molecule has 4 heteroatoms. The van der Waals surface area contributed by atoms with E-state index in [0.29, 0.717) is 18.4 Å². The Morgan fingerprint density at radius 3 is 2.88 bits per heavy atom. The summed E-state index contributed by atoms with van der Waals surface area (Å²) in [5, 5.41) is 0.211. The maximum Gasteiger partial charge on any atom is 0.219 e. The molecule has 0 spiro atoms. The SMILES string of the molecule is CCOc1ncnc(CC(Cl)C2CC2)c1C. The Morgan fingerprint density at radius 2 is 2.25 bits per heavy atom. The molecule has 0 aliphatic heterocycles. The molecule has 0 saturated heterocycles. The van der Waals surface area contributed by atoms with Crippen LogP contribution in [0.3, 0.4) is 0 Å². The molecule has 1 aromatic heterocycles. The largest absolute Gasteiger partial charge is 0.478 e. The van der Waals surface area contributed by atoms with E-state index in [1.807, 2.05) is 13.8 Å². The van der Waals surface area contributed by atoms with E-state index in [9.17, 15) is 0 Å². The third-order valence-corrected chi connectivity index (χ3v) is 3.46. The highest BCUT2D eigenvalue weighted by atomic mass is 35.5. The molecule has 1 aromatic rings. The lowest BCUT2D eigenvalue weighted by molar-refractivity contribution is 0.322. The van der Waals surface area contributed by atoms with Crippen molar-refractivity contribution in [1.82, 2.24) is 9.97 Å². The molecule has 16 heavy (non-hydrogen) atoms. The molecule has 1 unspecified atom stereocenters. The molecule has 1 saturated carbocycles. The normalized spacial score (nSPS) is 17.2. The fraction of sp³-hybridized carbons (Fsp3) is 0.667. The van der Waals surface area contributed by atoms with Crippen LogP contribution in [0.25, 0.3) is 0 Å². The van der Waals surface area contributed by atoms with Crippen molar-refractivity contribution < 1.29 is 4.74 Å². The number of hydrogen-bond acceptors (Lipinski definition) is 3. The Morgan fingerprint density at radius 1 is 1.50 bits per heavy atom. The second-order valence-electron chi connectivity index (χ2n) is 4.24. The van der Waals surface area contributed by atoms with Crippen LogP contribution in [-0.2, 0) is 6.42 Å². The van der Waals surface area contributed by atoms with Crippen LogP contribution < -0.4 is 4.74 Å². The Kier molecular flexibility index (Phi) is 3.64. The predicted octanol–water partition coefficient (Wildman–Crippen LogP) is 2.74. The smallest absolute Gasteiger partial charge is 0.219 e. The lowest BCUT2D eigenvalue weighted by Crippen LogP contribution is -2.10. The molecule has 1 atom stereocenters. The Labute approximate surface area is 101 Å². The van der Waals surface area contributed by atoms with Crippen molar-refractivity contribution in [3.05, 3.63) is 17.6 Å². The van der Waals surface area contributed by atoms with Crippen molar-refractivity contribution in [1.29, 1.82) is 0 Å². The van der Waals surface area contributed by atoms with E-state index in [1.165, 1.54) is 12.8 Å². The molecule has 1 heterocycles. The van der Waals surface area contributed by atoms with Gasteiger partial charge in [0.1, 0.15) is 6.33 Å². The van der Waals surface area contributed by atoms with Crippen molar-refractivity contribution >= 4 is 11.6 Å². The summed E-state index contributed by atoms with van der Waals surface area (Å²) in [5.74, 6) is 1.37. The molecule has 0 radical (unpaired) electrons. The summed E-state index contributed by atoms with van der Waals surface area (Å²) in [6.45, 7) is 4.58. The number of halogens is 1. The van der Waals surface area contributed by atoms with Gasteiger partial charge in [0.2, 0.25) is 5.88 Å². The first-order valence-electron chi connectivity index (χ1n) is 5.79. The number of hydrogen-bond donors (Lipinski definition) is 0. The number of nitrogens with zero attached hydrogens (tertiary/aromatic N) is 2. The van der Waals surface area contributed by atoms with E-state index >= 15 is 0 Å². The number of aromatic nitrogens is 2. The Balaban J connectivity index is 2.10. The van der Waals surface area contributed by atoms with Gasteiger partial charge in [-0.3, -0.25) is 0 Å². The molecule has 2 rings (SSSR count). The van der Waals surface area contributed by atoms with Gasteiger partial charge in [-0.1, -0.05) is 0 Å². The minimum atomic E-state index is 0.211. The number of alkyl halides is 1. The molecule has 0 bridgehead atoms. The zero-order chi connectivity index (χ0) is 11.5. The monoisotopic (exact) mass is 240 g/mol. The van der Waals surface area contributed by atoms with Crippen molar-refractivity contribution in [2.75, 3.05) is 6.61 Å². The van der Waals surface area contributed by atoms with Gasteiger partial charge in [-0.25, -0.2) is 9.97 Å². The number of ether oxygens (including phenoxy) is 1. The summed E-state index contributed by atoms with van der Waals surface area (Å²) >= 11 is 6.31. The fourth-order valence-corrected chi connectivity index (χ4v) is 2.16. The van der Waals surface area contributed by atoms with Crippen molar-refractivity contribution in [3.63, 3.8) is 0 Å². The van der Waals surface area contributed by atoms with Gasteiger partial charge in [0.05, 0.1) is 12.3 Å². The third kappa shape index (κ3) is 2.64. The van der Waals surface area contributed by atoms with Crippen LogP contribution in [0.4, 0.5) is 0 Å². The molecule has 0 amide bonds. The standard InChI is InChI=1S/C12H17ClN2O/c1-3-16-12-8(2)11(14-7-15-12)6-10(13)9-4-5-9/h7,9-10H,3-6H2,1-2H3. The topological polar surface area (TPSA) is 35.0 Å². The highest BCUT2D eigenvalue weighted by molar-refractivity contribution is 6.21. The zero-order valence-electron chi connectivity index (χ0n) is 9.74. The minimum absolute atomic E-state index is 0.211. The molecular weight excluding hydrogens is 224 g/mol. The maximum absolute atomic E-state index is 6.31. The summed E-state index contributed by atoms with van der Waals surface area (Å²) in [7, 11) is 0. The summed E-state index contributed by atoms with van der Waals surface area (Å²) < 4.78 is 5.44. The van der Waals surface area contributed by atoms with E-state index in [-0.39, 0.29) is 5.38 Å². The van der Waals surface area contributed by atoms with E-state index in [1.54, 1.807) is 6.33 Å². The van der Waals surface area contributed by atoms with Crippen LogP contribution in [0.5, 0.6) is 5.88 Å². The van der Waals surface area contributed by atoms with Crippen LogP contribution in [0.15, 0.2) is 6.33 Å². The minimum Gasteiger partial charge on any atom is -0.478 e. The quantitative estimate of drug-likeness (QED) is 0.743. The summed E-state index contributed by atoms with van der Waals surface area (Å²) in [5.41, 5.74) is 2.04.